The Labute approximate surface area is 173 Å². The van der Waals surface area contributed by atoms with Crippen LogP contribution >= 0.6 is 0 Å². The van der Waals surface area contributed by atoms with Crippen molar-refractivity contribution < 1.29 is 28.2 Å². The van der Waals surface area contributed by atoms with Crippen molar-refractivity contribution in [2.45, 2.75) is 13.8 Å². The summed E-state index contributed by atoms with van der Waals surface area (Å²) in [6, 6.07) is 10.9. The Kier molecular flexibility index (Phi) is 5.43. The predicted octanol–water partition coefficient (Wildman–Crippen LogP) is 3.90. The van der Waals surface area contributed by atoms with Gasteiger partial charge < -0.3 is 23.2 Å². The van der Waals surface area contributed by atoms with E-state index in [1.165, 1.54) is 18.4 Å². The fourth-order valence-corrected chi connectivity index (χ4v) is 3.41. The Morgan fingerprint density at radius 2 is 1.90 bits per heavy atom. The first kappa shape index (κ1) is 19.6. The average Bonchev–Trinajstić information content (AvgIpc) is 3.37. The lowest BCUT2D eigenvalue weighted by molar-refractivity contribution is -0.136. The van der Waals surface area contributed by atoms with Crippen LogP contribution in [0.2, 0.25) is 0 Å². The number of Topliss-reactive ketones (excluding diaryl/α,β-unsaturated/α-hetero) is 1. The molecule has 0 atom stereocenters. The molecule has 0 saturated carbocycles. The molecule has 1 aliphatic rings. The van der Waals surface area contributed by atoms with Crippen LogP contribution < -0.4 is 9.47 Å². The Morgan fingerprint density at radius 3 is 2.67 bits per heavy atom. The zero-order valence-corrected chi connectivity index (χ0v) is 16.7. The number of esters is 1. The van der Waals surface area contributed by atoms with Crippen LogP contribution in [-0.2, 0) is 9.53 Å². The van der Waals surface area contributed by atoms with Gasteiger partial charge in [-0.2, -0.15) is 0 Å². The van der Waals surface area contributed by atoms with Crippen molar-refractivity contribution in [2.24, 2.45) is 0 Å². The number of aromatic nitrogens is 1. The van der Waals surface area contributed by atoms with Gasteiger partial charge in [-0.15, -0.1) is 0 Å². The molecule has 4 rings (SSSR count). The molecule has 0 amide bonds. The molecule has 1 aromatic carbocycles. The normalized spacial score (nSPS) is 12.9. The van der Waals surface area contributed by atoms with Crippen LogP contribution in [0.4, 0.5) is 0 Å². The van der Waals surface area contributed by atoms with E-state index in [4.69, 9.17) is 18.6 Å². The molecule has 3 heterocycles. The van der Waals surface area contributed by atoms with E-state index in [0.29, 0.717) is 36.0 Å². The molecule has 0 bridgehead atoms. The molecule has 7 heteroatoms. The van der Waals surface area contributed by atoms with Crippen molar-refractivity contribution in [3.05, 3.63) is 71.4 Å². The minimum absolute atomic E-state index is 0.272. The predicted molar refractivity (Wildman–Crippen MR) is 109 cm³/mol. The number of rotatable bonds is 6. The van der Waals surface area contributed by atoms with Crippen LogP contribution in [0.3, 0.4) is 0 Å². The third kappa shape index (κ3) is 4.00. The summed E-state index contributed by atoms with van der Waals surface area (Å²) >= 11 is 0. The summed E-state index contributed by atoms with van der Waals surface area (Å²) in [7, 11) is 0. The third-order valence-corrected chi connectivity index (χ3v) is 4.79. The molecule has 0 unspecified atom stereocenters. The van der Waals surface area contributed by atoms with Crippen molar-refractivity contribution >= 4 is 17.8 Å². The molecule has 2 aromatic heterocycles. The van der Waals surface area contributed by atoms with E-state index in [1.54, 1.807) is 18.2 Å². The van der Waals surface area contributed by atoms with E-state index in [1.807, 2.05) is 36.6 Å². The van der Waals surface area contributed by atoms with Gasteiger partial charge in [0.05, 0.1) is 6.26 Å². The van der Waals surface area contributed by atoms with Crippen LogP contribution in [0.25, 0.3) is 11.8 Å². The second-order valence-electron chi connectivity index (χ2n) is 6.83. The molecule has 0 saturated heterocycles. The molecule has 30 heavy (non-hydrogen) atoms. The minimum Gasteiger partial charge on any atom is -0.486 e. The van der Waals surface area contributed by atoms with Gasteiger partial charge >= 0.3 is 5.97 Å². The van der Waals surface area contributed by atoms with Gasteiger partial charge in [-0.25, -0.2) is 4.79 Å². The highest BCUT2D eigenvalue weighted by atomic mass is 16.6. The zero-order valence-electron chi connectivity index (χ0n) is 16.7. The van der Waals surface area contributed by atoms with Crippen molar-refractivity contribution in [3.8, 4) is 17.2 Å². The SMILES string of the molecule is Cc1cc(C(=O)COC(=O)/C=C/c2ccco2)c(C)n1-c1ccc2c(c1)OCCO2. The van der Waals surface area contributed by atoms with E-state index in [0.717, 1.165) is 17.1 Å². The minimum atomic E-state index is -0.611. The quantitative estimate of drug-likeness (QED) is 0.350. The molecule has 154 valence electrons. The Hall–Kier alpha value is -3.74. The lowest BCUT2D eigenvalue weighted by Crippen LogP contribution is -2.16. The number of hydrogen-bond acceptors (Lipinski definition) is 6. The van der Waals surface area contributed by atoms with Crippen molar-refractivity contribution in [2.75, 3.05) is 19.8 Å². The number of hydrogen-bond donors (Lipinski definition) is 0. The zero-order chi connectivity index (χ0) is 21.1. The number of benzene rings is 1. The third-order valence-electron chi connectivity index (χ3n) is 4.79. The standard InChI is InChI=1S/C23H21NO6/c1-15-12-19(20(25)14-30-23(26)8-6-18-4-3-9-27-18)16(2)24(15)17-5-7-21-22(13-17)29-11-10-28-21/h3-9,12-13H,10-11,14H2,1-2H3/b8-6+. The van der Waals surface area contributed by atoms with E-state index in [9.17, 15) is 9.59 Å². The molecular weight excluding hydrogens is 386 g/mol. The molecule has 3 aromatic rings. The summed E-state index contributed by atoms with van der Waals surface area (Å²) in [4.78, 5) is 24.5. The largest absolute Gasteiger partial charge is 0.486 e. The molecule has 0 radical (unpaired) electrons. The maximum atomic E-state index is 12.7. The van der Waals surface area contributed by atoms with Gasteiger partial charge in [0.25, 0.3) is 0 Å². The number of nitrogens with zero attached hydrogens (tertiary/aromatic N) is 1. The highest BCUT2D eigenvalue weighted by Crippen LogP contribution is 2.33. The van der Waals surface area contributed by atoms with Crippen molar-refractivity contribution in [3.63, 3.8) is 0 Å². The second kappa shape index (κ2) is 8.32. The number of aryl methyl sites for hydroxylation is 1. The first-order valence-electron chi connectivity index (χ1n) is 9.53. The molecule has 0 aliphatic carbocycles. The van der Waals surface area contributed by atoms with Gasteiger partial charge in [-0.3, -0.25) is 4.79 Å². The molecule has 0 fully saturated rings. The van der Waals surface area contributed by atoms with Crippen LogP contribution in [0, 0.1) is 13.8 Å². The molecule has 1 aliphatic heterocycles. The maximum absolute atomic E-state index is 12.7. The van der Waals surface area contributed by atoms with Gasteiger partial charge in [0, 0.05) is 34.8 Å². The summed E-state index contributed by atoms with van der Waals surface area (Å²) < 4.78 is 23.4. The number of furan rings is 1. The Morgan fingerprint density at radius 1 is 1.10 bits per heavy atom. The topological polar surface area (TPSA) is 79.9 Å². The monoisotopic (exact) mass is 407 g/mol. The van der Waals surface area contributed by atoms with Crippen LogP contribution in [0.1, 0.15) is 27.5 Å². The lowest BCUT2D eigenvalue weighted by Gasteiger charge is -2.20. The van der Waals surface area contributed by atoms with E-state index in [2.05, 4.69) is 0 Å². The molecule has 7 nitrogen and oxygen atoms in total. The van der Waals surface area contributed by atoms with Crippen molar-refractivity contribution in [1.29, 1.82) is 0 Å². The lowest BCUT2D eigenvalue weighted by atomic mass is 10.1. The van der Waals surface area contributed by atoms with E-state index < -0.39 is 5.97 Å². The number of carbonyl (C=O) groups is 2. The molecule has 0 N–H and O–H groups in total. The summed E-state index contributed by atoms with van der Waals surface area (Å²) in [5.41, 5.74) is 3.02. The van der Waals surface area contributed by atoms with Crippen LogP contribution in [0.5, 0.6) is 11.5 Å². The summed E-state index contributed by atoms with van der Waals surface area (Å²) in [6.45, 7) is 4.46. The average molecular weight is 407 g/mol. The molecule has 0 spiro atoms. The van der Waals surface area contributed by atoms with E-state index >= 15 is 0 Å². The maximum Gasteiger partial charge on any atom is 0.331 e. The summed E-state index contributed by atoms with van der Waals surface area (Å²) in [5.74, 6) is 1.03. The first-order chi connectivity index (χ1) is 14.5. The number of ketones is 1. The smallest absolute Gasteiger partial charge is 0.331 e. The van der Waals surface area contributed by atoms with Crippen molar-refractivity contribution in [1.82, 2.24) is 4.57 Å². The fourth-order valence-electron chi connectivity index (χ4n) is 3.41. The van der Waals surface area contributed by atoms with Gasteiger partial charge in [0.1, 0.15) is 19.0 Å². The number of ether oxygens (including phenoxy) is 3. The molecular formula is C23H21NO6. The van der Waals surface area contributed by atoms with E-state index in [-0.39, 0.29) is 12.4 Å². The van der Waals surface area contributed by atoms with Crippen LogP contribution in [-0.4, -0.2) is 36.1 Å². The van der Waals surface area contributed by atoms with Gasteiger partial charge in [-0.05, 0) is 50.3 Å². The second-order valence-corrected chi connectivity index (χ2v) is 6.83. The van der Waals surface area contributed by atoms with Gasteiger partial charge in [0.2, 0.25) is 5.78 Å². The Bertz CT molecular complexity index is 1110. The number of carbonyl (C=O) groups excluding carboxylic acids is 2. The summed E-state index contributed by atoms with van der Waals surface area (Å²) in [6.07, 6.45) is 4.22. The fraction of sp³-hybridized carbons (Fsp3) is 0.217. The number of fused-ring (bicyclic) bond motifs is 1. The highest BCUT2D eigenvalue weighted by molar-refractivity contribution is 6.00. The van der Waals surface area contributed by atoms with Gasteiger partial charge in [-0.1, -0.05) is 0 Å². The highest BCUT2D eigenvalue weighted by Gasteiger charge is 2.19. The summed E-state index contributed by atoms with van der Waals surface area (Å²) in [5, 5.41) is 0. The van der Waals surface area contributed by atoms with Crippen LogP contribution in [0.15, 0.2) is 53.2 Å². The van der Waals surface area contributed by atoms with Gasteiger partial charge in [0.15, 0.2) is 18.1 Å². The Balaban J connectivity index is 1.47. The first-order valence-corrected chi connectivity index (χ1v) is 9.53.